The number of pyridine rings is 1. The Labute approximate surface area is 176 Å². The summed E-state index contributed by atoms with van der Waals surface area (Å²) in [4.78, 5) is 14.1. The lowest BCUT2D eigenvalue weighted by atomic mass is 9.99. The van der Waals surface area contributed by atoms with Crippen LogP contribution in [-0.4, -0.2) is 37.1 Å². The van der Waals surface area contributed by atoms with Crippen molar-refractivity contribution in [2.45, 2.75) is 38.8 Å². The zero-order valence-corrected chi connectivity index (χ0v) is 17.2. The maximum Gasteiger partial charge on any atom is 0.433 e. The molecule has 0 saturated heterocycles. The largest absolute Gasteiger partial charge is 0.477 e. The second kappa shape index (κ2) is 9.19. The zero-order valence-electron chi connectivity index (χ0n) is 17.2. The summed E-state index contributed by atoms with van der Waals surface area (Å²) < 4.78 is 45.8. The van der Waals surface area contributed by atoms with Gasteiger partial charge in [0.15, 0.2) is 0 Å². The van der Waals surface area contributed by atoms with Crippen molar-refractivity contribution in [2.75, 3.05) is 6.61 Å². The number of alkyl halides is 3. The lowest BCUT2D eigenvalue weighted by molar-refractivity contribution is -0.141. The van der Waals surface area contributed by atoms with E-state index in [4.69, 9.17) is 10.5 Å². The van der Waals surface area contributed by atoms with Crippen LogP contribution in [0.2, 0.25) is 0 Å². The minimum Gasteiger partial charge on any atom is -0.477 e. The summed E-state index contributed by atoms with van der Waals surface area (Å²) in [5.74, 6) is -0.0789. The van der Waals surface area contributed by atoms with E-state index in [0.29, 0.717) is 23.9 Å². The third-order valence-corrected chi connectivity index (χ3v) is 4.69. The van der Waals surface area contributed by atoms with Gasteiger partial charge >= 0.3 is 6.18 Å². The molecule has 3 aromatic rings. The van der Waals surface area contributed by atoms with Crippen molar-refractivity contribution in [3.63, 3.8) is 0 Å². The van der Waals surface area contributed by atoms with Crippen LogP contribution >= 0.6 is 0 Å². The number of rotatable bonds is 4. The van der Waals surface area contributed by atoms with Crippen LogP contribution in [0.3, 0.4) is 0 Å². The number of hydrogen-bond acceptors (Lipinski definition) is 5. The maximum absolute atomic E-state index is 12.6. The van der Waals surface area contributed by atoms with Gasteiger partial charge in [-0.1, -0.05) is 0 Å². The van der Waals surface area contributed by atoms with Gasteiger partial charge in [-0.2, -0.15) is 18.3 Å². The Morgan fingerprint density at radius 2 is 1.97 bits per heavy atom. The molecule has 1 aliphatic carbocycles. The average molecular weight is 436 g/mol. The molecule has 0 fully saturated rings. The highest BCUT2D eigenvalue weighted by Crippen LogP contribution is 2.29. The van der Waals surface area contributed by atoms with Crippen molar-refractivity contribution in [3.8, 4) is 11.6 Å². The Kier molecular flexibility index (Phi) is 6.62. The fourth-order valence-electron chi connectivity index (χ4n) is 3.21. The smallest absolute Gasteiger partial charge is 0.433 e. The van der Waals surface area contributed by atoms with Crippen LogP contribution in [0.1, 0.15) is 47.2 Å². The fourth-order valence-corrected chi connectivity index (χ4v) is 3.21. The summed E-state index contributed by atoms with van der Waals surface area (Å²) in [5, 5.41) is 8.28. The summed E-state index contributed by atoms with van der Waals surface area (Å²) in [6, 6.07) is 4.08. The first-order valence-corrected chi connectivity index (χ1v) is 9.76. The van der Waals surface area contributed by atoms with E-state index < -0.39 is 17.8 Å². The third-order valence-electron chi connectivity index (χ3n) is 4.69. The zero-order chi connectivity index (χ0) is 22.6. The van der Waals surface area contributed by atoms with Crippen LogP contribution in [0.25, 0.3) is 5.69 Å². The molecule has 0 radical (unpaired) electrons. The molecular formula is C20H23F3N6O2. The van der Waals surface area contributed by atoms with Gasteiger partial charge in [-0.3, -0.25) is 14.5 Å². The van der Waals surface area contributed by atoms with Gasteiger partial charge in [-0.15, -0.1) is 5.10 Å². The molecule has 3 heterocycles. The Morgan fingerprint density at radius 1 is 1.23 bits per heavy atom. The number of nitrogens with zero attached hydrogens (tertiary/aromatic N) is 5. The van der Waals surface area contributed by atoms with E-state index in [9.17, 15) is 18.0 Å². The molecule has 4 rings (SSSR count). The Hall–Kier alpha value is -3.37. The number of aryl methyl sites for hydroxylation is 3. The van der Waals surface area contributed by atoms with Crippen LogP contribution in [0, 0.1) is 0 Å². The first kappa shape index (κ1) is 22.3. The number of halogens is 3. The number of carbonyl (C=O) groups excluding carboxylic acids is 1. The van der Waals surface area contributed by atoms with Gasteiger partial charge in [0.25, 0.3) is 5.91 Å². The first-order chi connectivity index (χ1) is 14.7. The molecule has 3 aromatic heterocycles. The topological polar surface area (TPSA) is 101 Å². The summed E-state index contributed by atoms with van der Waals surface area (Å²) >= 11 is 0. The van der Waals surface area contributed by atoms with Crippen LogP contribution in [0.4, 0.5) is 13.2 Å². The van der Waals surface area contributed by atoms with Crippen molar-refractivity contribution in [1.82, 2.24) is 24.5 Å². The molecule has 11 heteroatoms. The lowest BCUT2D eigenvalue weighted by Crippen LogP contribution is -2.15. The van der Waals surface area contributed by atoms with Gasteiger partial charge in [-0.05, 0) is 50.3 Å². The molecule has 0 bridgehead atoms. The van der Waals surface area contributed by atoms with E-state index in [1.165, 1.54) is 27.7 Å². The highest BCUT2D eigenvalue weighted by Gasteiger charge is 2.32. The molecule has 0 unspecified atom stereocenters. The number of amides is 1. The molecular weight excluding hydrogens is 413 g/mol. The van der Waals surface area contributed by atoms with E-state index >= 15 is 0 Å². The maximum atomic E-state index is 12.6. The van der Waals surface area contributed by atoms with Crippen LogP contribution in [0.15, 0.2) is 30.6 Å². The molecule has 0 saturated carbocycles. The Bertz CT molecular complexity index is 1030. The molecule has 8 nitrogen and oxygen atoms in total. The lowest BCUT2D eigenvalue weighted by Gasteiger charge is -2.07. The molecule has 0 aromatic carbocycles. The Balaban J connectivity index is 0.000000196. The molecule has 31 heavy (non-hydrogen) atoms. The summed E-state index contributed by atoms with van der Waals surface area (Å²) in [5.41, 5.74) is 7.06. The highest BCUT2D eigenvalue weighted by molar-refractivity contribution is 5.91. The van der Waals surface area contributed by atoms with Crippen molar-refractivity contribution < 1.29 is 22.7 Å². The number of ether oxygens (including phenoxy) is 1. The molecule has 166 valence electrons. The van der Waals surface area contributed by atoms with Crippen molar-refractivity contribution >= 4 is 5.91 Å². The fraction of sp³-hybridized carbons (Fsp3) is 0.400. The average Bonchev–Trinajstić information content (AvgIpc) is 3.32. The monoisotopic (exact) mass is 436 g/mol. The molecule has 0 spiro atoms. The van der Waals surface area contributed by atoms with Gasteiger partial charge < -0.3 is 10.5 Å². The summed E-state index contributed by atoms with van der Waals surface area (Å²) in [6.45, 7) is 2.37. The summed E-state index contributed by atoms with van der Waals surface area (Å²) in [7, 11) is 1.64. The number of hydrogen-bond donors (Lipinski definition) is 1. The van der Waals surface area contributed by atoms with Crippen molar-refractivity contribution in [3.05, 3.63) is 53.2 Å². The van der Waals surface area contributed by atoms with Crippen LogP contribution < -0.4 is 10.5 Å². The predicted molar refractivity (Wildman–Crippen MR) is 106 cm³/mol. The van der Waals surface area contributed by atoms with Crippen molar-refractivity contribution in [2.24, 2.45) is 12.8 Å². The molecule has 2 N–H and O–H groups in total. The van der Waals surface area contributed by atoms with Gasteiger partial charge in [0, 0.05) is 25.5 Å². The first-order valence-electron chi connectivity index (χ1n) is 9.76. The molecule has 1 aliphatic rings. The Morgan fingerprint density at radius 3 is 2.58 bits per heavy atom. The minimum atomic E-state index is -4.43. The number of carbonyl (C=O) groups is 1. The van der Waals surface area contributed by atoms with Gasteiger partial charge in [0.05, 0.1) is 18.0 Å². The quantitative estimate of drug-likeness (QED) is 0.677. The summed E-state index contributed by atoms with van der Waals surface area (Å²) in [6.07, 6.45) is 2.62. The number of nitrogens with two attached hydrogens (primary N) is 1. The van der Waals surface area contributed by atoms with Gasteiger partial charge in [0.1, 0.15) is 11.4 Å². The van der Waals surface area contributed by atoms with Crippen molar-refractivity contribution in [1.29, 1.82) is 0 Å². The van der Waals surface area contributed by atoms with E-state index in [0.717, 1.165) is 43.0 Å². The third kappa shape index (κ3) is 5.41. The van der Waals surface area contributed by atoms with Crippen LogP contribution in [0.5, 0.6) is 5.88 Å². The number of fused-ring (bicyclic) bond motifs is 1. The second-order valence-electron chi connectivity index (χ2n) is 6.94. The molecule has 0 atom stereocenters. The molecule has 1 amide bonds. The van der Waals surface area contributed by atoms with Gasteiger partial charge in [0.2, 0.25) is 5.88 Å². The standard InChI is InChI=1S/C13H12F3N3.C7H11N3O2/c14-13(15,16)12-7-10(5-6-17-12)19-8-9-3-1-2-4-11(9)18-19;1-3-12-6-4-5(7(8)11)10(2)9-6/h5-8H,1-4H2;4H,3H2,1-2H3,(H2,8,11). The van der Waals surface area contributed by atoms with E-state index in [2.05, 4.69) is 15.2 Å². The minimum absolute atomic E-state index is 0.346. The molecule has 0 aliphatic heterocycles. The van der Waals surface area contributed by atoms with Gasteiger partial charge in [-0.25, -0.2) is 4.68 Å². The predicted octanol–water partition coefficient (Wildman–Crippen LogP) is 3.08. The van der Waals surface area contributed by atoms with E-state index in [1.54, 1.807) is 7.05 Å². The highest BCUT2D eigenvalue weighted by atomic mass is 19.4. The SMILES string of the molecule is CCOc1cc(C(N)=O)n(C)n1.FC(F)(F)c1cc(-n2cc3c(n2)CCCC3)ccn1. The van der Waals surface area contributed by atoms with E-state index in [-0.39, 0.29) is 0 Å². The second-order valence-corrected chi connectivity index (χ2v) is 6.94. The van der Waals surface area contributed by atoms with Crippen LogP contribution in [-0.2, 0) is 26.1 Å². The number of aromatic nitrogens is 5. The number of primary amides is 1. The van der Waals surface area contributed by atoms with E-state index in [1.807, 2.05) is 13.1 Å². The normalized spacial score (nSPS) is 13.2.